The Bertz CT molecular complexity index is 354. The molecule has 1 N–H and O–H groups in total. The van der Waals surface area contributed by atoms with E-state index in [9.17, 15) is 0 Å². The van der Waals surface area contributed by atoms with E-state index < -0.39 is 0 Å². The van der Waals surface area contributed by atoms with Crippen molar-refractivity contribution in [1.29, 1.82) is 0 Å². The van der Waals surface area contributed by atoms with Gasteiger partial charge in [-0.3, -0.25) is 0 Å². The van der Waals surface area contributed by atoms with Gasteiger partial charge in [0.2, 0.25) is 0 Å². The Morgan fingerprint density at radius 1 is 1.22 bits per heavy atom. The van der Waals surface area contributed by atoms with Crippen LogP contribution in [0.4, 0.5) is 0 Å². The standard InChI is InChI=1S/C14H27N3S/c1-7-8-15-11(3)13-17-16-12(18-13)9-10(2)14(4,5)6/h10-11,15H,7-9H2,1-6H3. The summed E-state index contributed by atoms with van der Waals surface area (Å²) in [5.74, 6) is 0.622. The summed E-state index contributed by atoms with van der Waals surface area (Å²) >= 11 is 1.75. The summed E-state index contributed by atoms with van der Waals surface area (Å²) in [7, 11) is 0. The van der Waals surface area contributed by atoms with Gasteiger partial charge in [-0.25, -0.2) is 0 Å². The molecule has 0 saturated carbocycles. The predicted molar refractivity (Wildman–Crippen MR) is 78.9 cm³/mol. The van der Waals surface area contributed by atoms with Crippen LogP contribution in [0.1, 0.15) is 64.0 Å². The lowest BCUT2D eigenvalue weighted by Gasteiger charge is -2.26. The van der Waals surface area contributed by atoms with Crippen molar-refractivity contribution in [2.75, 3.05) is 6.54 Å². The third-order valence-electron chi connectivity index (χ3n) is 3.51. The second kappa shape index (κ2) is 6.62. The molecule has 0 aliphatic rings. The number of rotatable bonds is 6. The second-order valence-electron chi connectivity index (χ2n) is 6.18. The smallest absolute Gasteiger partial charge is 0.134 e. The lowest BCUT2D eigenvalue weighted by molar-refractivity contribution is 0.259. The van der Waals surface area contributed by atoms with E-state index in [1.54, 1.807) is 11.3 Å². The molecule has 1 aromatic heterocycles. The van der Waals surface area contributed by atoms with E-state index in [2.05, 4.69) is 57.1 Å². The third-order valence-corrected chi connectivity index (χ3v) is 4.64. The van der Waals surface area contributed by atoms with Crippen LogP contribution in [0.3, 0.4) is 0 Å². The Morgan fingerprint density at radius 2 is 1.89 bits per heavy atom. The van der Waals surface area contributed by atoms with E-state index in [-0.39, 0.29) is 0 Å². The minimum Gasteiger partial charge on any atom is -0.308 e. The Labute approximate surface area is 115 Å². The predicted octanol–water partition coefficient (Wildman–Crippen LogP) is 3.82. The van der Waals surface area contributed by atoms with Gasteiger partial charge in [0.25, 0.3) is 0 Å². The van der Waals surface area contributed by atoms with Crippen LogP contribution in [0.25, 0.3) is 0 Å². The molecule has 0 aromatic carbocycles. The highest BCUT2D eigenvalue weighted by Gasteiger charge is 2.22. The third kappa shape index (κ3) is 4.65. The molecule has 1 aromatic rings. The molecule has 0 amide bonds. The SMILES string of the molecule is CCCNC(C)c1nnc(CC(C)C(C)(C)C)s1. The number of aromatic nitrogens is 2. The molecule has 4 heteroatoms. The van der Waals surface area contributed by atoms with Crippen molar-refractivity contribution in [3.05, 3.63) is 10.0 Å². The molecule has 2 atom stereocenters. The molecule has 18 heavy (non-hydrogen) atoms. The molecule has 0 aliphatic heterocycles. The summed E-state index contributed by atoms with van der Waals surface area (Å²) in [6.07, 6.45) is 2.18. The monoisotopic (exact) mass is 269 g/mol. The largest absolute Gasteiger partial charge is 0.308 e. The number of hydrogen-bond acceptors (Lipinski definition) is 4. The maximum absolute atomic E-state index is 4.33. The second-order valence-corrected chi connectivity index (χ2v) is 7.27. The summed E-state index contributed by atoms with van der Waals surface area (Å²) in [6.45, 7) is 14.5. The minimum absolute atomic E-state index is 0.321. The summed E-state index contributed by atoms with van der Waals surface area (Å²) in [6, 6.07) is 0.321. The first-order valence-corrected chi connectivity index (χ1v) is 7.72. The summed E-state index contributed by atoms with van der Waals surface area (Å²) in [5.41, 5.74) is 0.331. The van der Waals surface area contributed by atoms with Crippen LogP contribution in [0.5, 0.6) is 0 Å². The fourth-order valence-corrected chi connectivity index (χ4v) is 2.54. The number of hydrogen-bond donors (Lipinski definition) is 1. The van der Waals surface area contributed by atoms with Gasteiger partial charge in [-0.05, 0) is 31.2 Å². The highest BCUT2D eigenvalue weighted by atomic mass is 32.1. The average Bonchev–Trinajstić information content (AvgIpc) is 2.73. The Hall–Kier alpha value is -0.480. The van der Waals surface area contributed by atoms with E-state index in [0.29, 0.717) is 17.4 Å². The first-order valence-electron chi connectivity index (χ1n) is 6.90. The summed E-state index contributed by atoms with van der Waals surface area (Å²) in [5, 5.41) is 14.4. The Morgan fingerprint density at radius 3 is 2.44 bits per heavy atom. The van der Waals surface area contributed by atoms with E-state index in [0.717, 1.165) is 29.4 Å². The number of nitrogens with zero attached hydrogens (tertiary/aromatic N) is 2. The lowest BCUT2D eigenvalue weighted by Crippen LogP contribution is -2.19. The van der Waals surface area contributed by atoms with Gasteiger partial charge in [-0.15, -0.1) is 10.2 Å². The minimum atomic E-state index is 0.321. The van der Waals surface area contributed by atoms with Crippen LogP contribution in [0.2, 0.25) is 0 Å². The van der Waals surface area contributed by atoms with Crippen molar-refractivity contribution in [3.8, 4) is 0 Å². The highest BCUT2D eigenvalue weighted by Crippen LogP contribution is 2.30. The van der Waals surface area contributed by atoms with Crippen molar-refractivity contribution in [1.82, 2.24) is 15.5 Å². The van der Waals surface area contributed by atoms with Crippen LogP contribution >= 0.6 is 11.3 Å². The molecule has 0 saturated heterocycles. The van der Waals surface area contributed by atoms with Crippen molar-refractivity contribution >= 4 is 11.3 Å². The number of nitrogens with one attached hydrogen (secondary N) is 1. The fourth-order valence-electron chi connectivity index (χ4n) is 1.54. The van der Waals surface area contributed by atoms with Gasteiger partial charge in [-0.2, -0.15) is 0 Å². The molecule has 1 rings (SSSR count). The summed E-state index contributed by atoms with van der Waals surface area (Å²) < 4.78 is 0. The van der Waals surface area contributed by atoms with Gasteiger partial charge < -0.3 is 5.32 Å². The zero-order valence-corrected chi connectivity index (χ0v) is 13.4. The first kappa shape index (κ1) is 15.6. The van der Waals surface area contributed by atoms with Gasteiger partial charge in [0, 0.05) is 6.42 Å². The molecule has 0 bridgehead atoms. The molecule has 0 aliphatic carbocycles. The van der Waals surface area contributed by atoms with Crippen LogP contribution in [-0.4, -0.2) is 16.7 Å². The van der Waals surface area contributed by atoms with E-state index in [4.69, 9.17) is 0 Å². The summed E-state index contributed by atoms with van der Waals surface area (Å²) in [4.78, 5) is 0. The first-order chi connectivity index (χ1) is 8.34. The molecule has 1 heterocycles. The van der Waals surface area contributed by atoms with Crippen molar-refractivity contribution < 1.29 is 0 Å². The van der Waals surface area contributed by atoms with E-state index >= 15 is 0 Å². The molecule has 104 valence electrons. The normalized spacial score (nSPS) is 15.7. The van der Waals surface area contributed by atoms with Crippen molar-refractivity contribution in [2.45, 2.75) is 60.4 Å². The van der Waals surface area contributed by atoms with Gasteiger partial charge in [0.15, 0.2) is 0 Å². The van der Waals surface area contributed by atoms with Crippen LogP contribution in [-0.2, 0) is 6.42 Å². The van der Waals surface area contributed by atoms with E-state index in [1.807, 2.05) is 0 Å². The van der Waals surface area contributed by atoms with Gasteiger partial charge in [-0.1, -0.05) is 46.0 Å². The zero-order valence-electron chi connectivity index (χ0n) is 12.6. The maximum Gasteiger partial charge on any atom is 0.134 e. The molecular weight excluding hydrogens is 242 g/mol. The topological polar surface area (TPSA) is 37.8 Å². The molecular formula is C14H27N3S. The van der Waals surface area contributed by atoms with Crippen LogP contribution < -0.4 is 5.32 Å². The quantitative estimate of drug-likeness (QED) is 0.853. The molecule has 3 nitrogen and oxygen atoms in total. The van der Waals surface area contributed by atoms with Crippen LogP contribution in [0.15, 0.2) is 0 Å². The highest BCUT2D eigenvalue weighted by molar-refractivity contribution is 7.11. The van der Waals surface area contributed by atoms with Gasteiger partial charge in [0.1, 0.15) is 10.0 Å². The van der Waals surface area contributed by atoms with Gasteiger partial charge >= 0.3 is 0 Å². The van der Waals surface area contributed by atoms with Crippen molar-refractivity contribution in [3.63, 3.8) is 0 Å². The van der Waals surface area contributed by atoms with Gasteiger partial charge in [0.05, 0.1) is 6.04 Å². The molecule has 2 unspecified atom stereocenters. The lowest BCUT2D eigenvalue weighted by atomic mass is 9.80. The Balaban J connectivity index is 2.58. The molecule has 0 fully saturated rings. The maximum atomic E-state index is 4.33. The fraction of sp³-hybridized carbons (Fsp3) is 0.857. The molecule has 0 spiro atoms. The Kier molecular flexibility index (Phi) is 5.73. The zero-order chi connectivity index (χ0) is 13.8. The molecule has 0 radical (unpaired) electrons. The van der Waals surface area contributed by atoms with E-state index in [1.165, 1.54) is 0 Å². The van der Waals surface area contributed by atoms with Crippen molar-refractivity contribution in [2.24, 2.45) is 11.3 Å². The van der Waals surface area contributed by atoms with Crippen LogP contribution in [0, 0.1) is 11.3 Å². The average molecular weight is 269 g/mol.